The van der Waals surface area contributed by atoms with E-state index in [2.05, 4.69) is 11.7 Å². The third kappa shape index (κ3) is 2.12. The second-order valence-electron chi connectivity index (χ2n) is 2.48. The zero-order chi connectivity index (χ0) is 10.7. The van der Waals surface area contributed by atoms with Gasteiger partial charge in [-0.15, -0.1) is 0 Å². The van der Waals surface area contributed by atoms with E-state index in [-0.39, 0.29) is 5.56 Å². The molecule has 76 valence electrons. The smallest absolute Gasteiger partial charge is 0.358 e. The standard InChI is InChI=1S/C7H7F2N3O2/c1-2-5-3-11(4-6(8)9)10-7(5)12(13)14/h2-3,6H,1,4H2. The monoisotopic (exact) mass is 203 g/mol. The highest BCUT2D eigenvalue weighted by atomic mass is 19.3. The molecular formula is C7H7F2N3O2. The molecule has 0 N–H and O–H groups in total. The Kier molecular flexibility index (Phi) is 2.90. The highest BCUT2D eigenvalue weighted by molar-refractivity contribution is 5.54. The Morgan fingerprint density at radius 1 is 1.79 bits per heavy atom. The van der Waals surface area contributed by atoms with Crippen molar-refractivity contribution in [2.45, 2.75) is 13.0 Å². The maximum Gasteiger partial charge on any atom is 0.397 e. The molecule has 7 heteroatoms. The fourth-order valence-corrected chi connectivity index (χ4v) is 0.947. The van der Waals surface area contributed by atoms with Crippen LogP contribution in [0.4, 0.5) is 14.6 Å². The van der Waals surface area contributed by atoms with Crippen LogP contribution in [0, 0.1) is 10.1 Å². The van der Waals surface area contributed by atoms with E-state index >= 15 is 0 Å². The molecule has 1 rings (SSSR count). The number of nitro groups is 1. The van der Waals surface area contributed by atoms with Crippen LogP contribution in [-0.4, -0.2) is 21.1 Å². The van der Waals surface area contributed by atoms with Crippen molar-refractivity contribution in [3.8, 4) is 0 Å². The molecule has 1 aromatic heterocycles. The van der Waals surface area contributed by atoms with Crippen molar-refractivity contribution in [3.63, 3.8) is 0 Å². The first-order valence-electron chi connectivity index (χ1n) is 3.67. The summed E-state index contributed by atoms with van der Waals surface area (Å²) in [5.74, 6) is -0.458. The molecule has 0 saturated carbocycles. The van der Waals surface area contributed by atoms with Crippen LogP contribution in [0.15, 0.2) is 12.8 Å². The Bertz CT molecular complexity index is 362. The van der Waals surface area contributed by atoms with Crippen LogP contribution in [0.1, 0.15) is 5.56 Å². The molecule has 0 fully saturated rings. The first-order chi connectivity index (χ1) is 6.54. The summed E-state index contributed by atoms with van der Waals surface area (Å²) in [6.07, 6.45) is -0.225. The van der Waals surface area contributed by atoms with Gasteiger partial charge in [-0.2, -0.15) is 4.68 Å². The fraction of sp³-hybridized carbons (Fsp3) is 0.286. The van der Waals surface area contributed by atoms with Gasteiger partial charge in [-0.3, -0.25) is 0 Å². The lowest BCUT2D eigenvalue weighted by molar-refractivity contribution is -0.390. The minimum atomic E-state index is -2.59. The van der Waals surface area contributed by atoms with E-state index < -0.39 is 23.7 Å². The second kappa shape index (κ2) is 3.95. The molecule has 0 bridgehead atoms. The van der Waals surface area contributed by atoms with E-state index in [1.807, 2.05) is 0 Å². The van der Waals surface area contributed by atoms with E-state index in [0.29, 0.717) is 0 Å². The van der Waals surface area contributed by atoms with Crippen LogP contribution in [0.2, 0.25) is 0 Å². The largest absolute Gasteiger partial charge is 0.397 e. The number of hydrogen-bond donors (Lipinski definition) is 0. The SMILES string of the molecule is C=Cc1cn(CC(F)F)nc1[N+](=O)[O-]. The van der Waals surface area contributed by atoms with Crippen LogP contribution < -0.4 is 0 Å². The maximum atomic E-state index is 11.9. The van der Waals surface area contributed by atoms with Gasteiger partial charge in [0.25, 0.3) is 6.43 Å². The summed E-state index contributed by atoms with van der Waals surface area (Å²) >= 11 is 0. The van der Waals surface area contributed by atoms with Crippen molar-refractivity contribution in [1.29, 1.82) is 0 Å². The first-order valence-corrected chi connectivity index (χ1v) is 3.67. The minimum absolute atomic E-state index is 0.135. The third-order valence-corrected chi connectivity index (χ3v) is 1.49. The third-order valence-electron chi connectivity index (χ3n) is 1.49. The Hall–Kier alpha value is -1.79. The quantitative estimate of drug-likeness (QED) is 0.552. The summed E-state index contributed by atoms with van der Waals surface area (Å²) in [7, 11) is 0. The average molecular weight is 203 g/mol. The van der Waals surface area contributed by atoms with Crippen molar-refractivity contribution in [1.82, 2.24) is 9.78 Å². The summed E-state index contributed by atoms with van der Waals surface area (Å²) < 4.78 is 24.7. The molecule has 0 radical (unpaired) electrons. The maximum absolute atomic E-state index is 11.9. The van der Waals surface area contributed by atoms with Crippen molar-refractivity contribution in [3.05, 3.63) is 28.5 Å². The zero-order valence-corrected chi connectivity index (χ0v) is 7.06. The van der Waals surface area contributed by atoms with Crippen molar-refractivity contribution in [2.24, 2.45) is 0 Å². The van der Waals surface area contributed by atoms with E-state index in [1.165, 1.54) is 6.08 Å². The van der Waals surface area contributed by atoms with Gasteiger partial charge in [-0.05, 0) is 4.92 Å². The Morgan fingerprint density at radius 2 is 2.43 bits per heavy atom. The van der Waals surface area contributed by atoms with Crippen LogP contribution in [0.5, 0.6) is 0 Å². The lowest BCUT2D eigenvalue weighted by atomic mass is 10.3. The molecule has 5 nitrogen and oxygen atoms in total. The van der Waals surface area contributed by atoms with Gasteiger partial charge in [-0.25, -0.2) is 8.78 Å². The predicted molar refractivity (Wildman–Crippen MR) is 45.0 cm³/mol. The molecule has 14 heavy (non-hydrogen) atoms. The molecule has 0 aliphatic rings. The summed E-state index contributed by atoms with van der Waals surface area (Å²) in [6.45, 7) is 2.66. The topological polar surface area (TPSA) is 61.0 Å². The average Bonchev–Trinajstić information content (AvgIpc) is 2.46. The Labute approximate surface area is 77.8 Å². The fourth-order valence-electron chi connectivity index (χ4n) is 0.947. The molecule has 0 atom stereocenters. The van der Waals surface area contributed by atoms with Crippen molar-refractivity contribution < 1.29 is 13.7 Å². The van der Waals surface area contributed by atoms with E-state index in [4.69, 9.17) is 0 Å². The summed E-state index contributed by atoms with van der Waals surface area (Å²) in [4.78, 5) is 9.64. The molecule has 1 aromatic rings. The van der Waals surface area contributed by atoms with Crippen LogP contribution in [-0.2, 0) is 6.54 Å². The first kappa shape index (κ1) is 10.3. The predicted octanol–water partition coefficient (Wildman–Crippen LogP) is 1.70. The number of hydrogen-bond acceptors (Lipinski definition) is 3. The van der Waals surface area contributed by atoms with Crippen LogP contribution in [0.3, 0.4) is 0 Å². The Balaban J connectivity index is 3.00. The Morgan fingerprint density at radius 3 is 2.79 bits per heavy atom. The van der Waals surface area contributed by atoms with Gasteiger partial charge in [0.15, 0.2) is 0 Å². The van der Waals surface area contributed by atoms with Gasteiger partial charge in [0.05, 0.1) is 16.9 Å². The number of alkyl halides is 2. The number of halogens is 2. The highest BCUT2D eigenvalue weighted by Gasteiger charge is 2.19. The van der Waals surface area contributed by atoms with Crippen LogP contribution >= 0.6 is 0 Å². The molecular weight excluding hydrogens is 196 g/mol. The van der Waals surface area contributed by atoms with Crippen LogP contribution in [0.25, 0.3) is 6.08 Å². The van der Waals surface area contributed by atoms with Gasteiger partial charge in [0.1, 0.15) is 6.54 Å². The highest BCUT2D eigenvalue weighted by Crippen LogP contribution is 2.17. The number of rotatable bonds is 4. The molecule has 0 aliphatic carbocycles. The van der Waals surface area contributed by atoms with Gasteiger partial charge in [0.2, 0.25) is 0 Å². The molecule has 0 spiro atoms. The summed E-state index contributed by atoms with van der Waals surface area (Å²) in [5, 5.41) is 13.8. The normalized spacial score (nSPS) is 10.5. The second-order valence-corrected chi connectivity index (χ2v) is 2.48. The molecule has 0 saturated heterocycles. The number of nitrogens with zero attached hydrogens (tertiary/aromatic N) is 3. The molecule has 1 heterocycles. The van der Waals surface area contributed by atoms with E-state index in [0.717, 1.165) is 10.9 Å². The zero-order valence-electron chi connectivity index (χ0n) is 7.06. The summed E-state index contributed by atoms with van der Waals surface area (Å²) in [5.41, 5.74) is 0.135. The molecule has 0 unspecified atom stereocenters. The molecule has 0 aliphatic heterocycles. The minimum Gasteiger partial charge on any atom is -0.358 e. The van der Waals surface area contributed by atoms with Gasteiger partial charge >= 0.3 is 5.82 Å². The van der Waals surface area contributed by atoms with E-state index in [1.54, 1.807) is 0 Å². The molecule has 0 aromatic carbocycles. The van der Waals surface area contributed by atoms with Crippen molar-refractivity contribution in [2.75, 3.05) is 0 Å². The molecule has 0 amide bonds. The lowest BCUT2D eigenvalue weighted by Gasteiger charge is -1.92. The van der Waals surface area contributed by atoms with Gasteiger partial charge in [-0.1, -0.05) is 12.7 Å². The van der Waals surface area contributed by atoms with Crippen molar-refractivity contribution >= 4 is 11.9 Å². The van der Waals surface area contributed by atoms with E-state index in [9.17, 15) is 18.9 Å². The lowest BCUT2D eigenvalue weighted by Crippen LogP contribution is -2.07. The summed E-state index contributed by atoms with van der Waals surface area (Å²) in [6, 6.07) is 0. The van der Waals surface area contributed by atoms with Gasteiger partial charge in [0, 0.05) is 0 Å². The van der Waals surface area contributed by atoms with Gasteiger partial charge < -0.3 is 10.1 Å². The number of aromatic nitrogens is 2.